The van der Waals surface area contributed by atoms with Gasteiger partial charge in [-0.3, -0.25) is 0 Å². The molecule has 1 unspecified atom stereocenters. The molecule has 0 radical (unpaired) electrons. The Balaban J connectivity index is 2.41. The quantitative estimate of drug-likeness (QED) is 0.521. The predicted molar refractivity (Wildman–Crippen MR) is 68.0 cm³/mol. The molecule has 0 fully saturated rings. The second-order valence-corrected chi connectivity index (χ2v) is 5.36. The van der Waals surface area contributed by atoms with E-state index < -0.39 is 0 Å². The second kappa shape index (κ2) is 4.63. The molecule has 74 valence electrons. The monoisotopic (exact) mass is 290 g/mol. The Hall–Kier alpha value is 0.210. The van der Waals surface area contributed by atoms with Crippen LogP contribution in [0.25, 0.3) is 0 Å². The van der Waals surface area contributed by atoms with Crippen molar-refractivity contribution in [1.82, 2.24) is 0 Å². The van der Waals surface area contributed by atoms with E-state index in [9.17, 15) is 0 Å². The van der Waals surface area contributed by atoms with Crippen molar-refractivity contribution in [2.75, 3.05) is 0 Å². The Bertz CT molecular complexity index is 223. The average molecular weight is 290 g/mol. The standard InChI is InChI=1S/C12H19I/c1-10-8-11(6-4-5-7-13)9-12(10,2)3/h5,7-8,11H,4,6,9H2,1-3H3/b7-5+. The highest BCUT2D eigenvalue weighted by Crippen LogP contribution is 2.42. The zero-order valence-corrected chi connectivity index (χ0v) is 11.0. The van der Waals surface area contributed by atoms with Crippen LogP contribution in [0.15, 0.2) is 21.8 Å². The molecule has 0 aromatic carbocycles. The third kappa shape index (κ3) is 3.12. The van der Waals surface area contributed by atoms with E-state index >= 15 is 0 Å². The zero-order valence-electron chi connectivity index (χ0n) is 8.81. The molecular formula is C12H19I. The molecule has 0 bridgehead atoms. The van der Waals surface area contributed by atoms with Gasteiger partial charge in [0.15, 0.2) is 0 Å². The van der Waals surface area contributed by atoms with Crippen LogP contribution in [0.2, 0.25) is 0 Å². The fourth-order valence-electron chi connectivity index (χ4n) is 2.01. The first-order valence-electron chi connectivity index (χ1n) is 5.00. The molecular weight excluding hydrogens is 271 g/mol. The van der Waals surface area contributed by atoms with Crippen LogP contribution in [0.3, 0.4) is 0 Å². The molecule has 0 saturated heterocycles. The molecule has 0 saturated carbocycles. The van der Waals surface area contributed by atoms with E-state index in [4.69, 9.17) is 0 Å². The van der Waals surface area contributed by atoms with E-state index in [0.29, 0.717) is 5.41 Å². The smallest absolute Gasteiger partial charge is 0.0142 e. The van der Waals surface area contributed by atoms with Gasteiger partial charge in [0.1, 0.15) is 0 Å². The van der Waals surface area contributed by atoms with E-state index in [1.807, 2.05) is 0 Å². The Kier molecular flexibility index (Phi) is 4.02. The summed E-state index contributed by atoms with van der Waals surface area (Å²) in [7, 11) is 0. The lowest BCUT2D eigenvalue weighted by Gasteiger charge is -2.20. The molecule has 1 heteroatoms. The minimum Gasteiger partial charge on any atom is -0.0819 e. The molecule has 13 heavy (non-hydrogen) atoms. The molecule has 0 aliphatic heterocycles. The van der Waals surface area contributed by atoms with E-state index in [0.717, 1.165) is 5.92 Å². The van der Waals surface area contributed by atoms with Gasteiger partial charge in [0.2, 0.25) is 0 Å². The van der Waals surface area contributed by atoms with Crippen LogP contribution in [0.5, 0.6) is 0 Å². The summed E-state index contributed by atoms with van der Waals surface area (Å²) in [6.45, 7) is 6.98. The first kappa shape index (κ1) is 11.3. The molecule has 1 aliphatic rings. The summed E-state index contributed by atoms with van der Waals surface area (Å²) in [5, 5.41) is 0. The average Bonchev–Trinajstić information content (AvgIpc) is 2.27. The summed E-state index contributed by atoms with van der Waals surface area (Å²) < 4.78 is 2.12. The predicted octanol–water partition coefficient (Wildman–Crippen LogP) is 4.71. The van der Waals surface area contributed by atoms with Gasteiger partial charge in [-0.25, -0.2) is 0 Å². The van der Waals surface area contributed by atoms with Crippen LogP contribution in [0, 0.1) is 11.3 Å². The summed E-state index contributed by atoms with van der Waals surface area (Å²) in [6.07, 6.45) is 8.62. The third-order valence-electron chi connectivity index (χ3n) is 3.12. The Labute approximate surface area is 95.6 Å². The molecule has 0 N–H and O–H groups in total. The van der Waals surface area contributed by atoms with E-state index in [2.05, 4.69) is 59.6 Å². The molecule has 0 aromatic heterocycles. The SMILES string of the molecule is CC1=CC(CC/C=C/I)CC1(C)C. The zero-order chi connectivity index (χ0) is 9.90. The van der Waals surface area contributed by atoms with Crippen LogP contribution < -0.4 is 0 Å². The summed E-state index contributed by atoms with van der Waals surface area (Å²) in [5.74, 6) is 0.822. The lowest BCUT2D eigenvalue weighted by atomic mass is 9.84. The lowest BCUT2D eigenvalue weighted by Crippen LogP contribution is -2.09. The number of hydrogen-bond donors (Lipinski definition) is 0. The normalized spacial score (nSPS) is 26.8. The fourth-order valence-corrected chi connectivity index (χ4v) is 2.37. The van der Waals surface area contributed by atoms with Crippen molar-refractivity contribution in [3.63, 3.8) is 0 Å². The topological polar surface area (TPSA) is 0 Å². The van der Waals surface area contributed by atoms with Gasteiger partial charge in [-0.15, -0.1) is 0 Å². The summed E-state index contributed by atoms with van der Waals surface area (Å²) in [4.78, 5) is 0. The van der Waals surface area contributed by atoms with Crippen molar-refractivity contribution in [3.8, 4) is 0 Å². The largest absolute Gasteiger partial charge is 0.0819 e. The van der Waals surface area contributed by atoms with Crippen LogP contribution in [-0.2, 0) is 0 Å². The van der Waals surface area contributed by atoms with Gasteiger partial charge < -0.3 is 0 Å². The maximum absolute atomic E-state index is 2.47. The van der Waals surface area contributed by atoms with Gasteiger partial charge in [-0.05, 0) is 41.6 Å². The van der Waals surface area contributed by atoms with Crippen LogP contribution in [0.1, 0.15) is 40.0 Å². The van der Waals surface area contributed by atoms with Crippen LogP contribution in [-0.4, -0.2) is 0 Å². The van der Waals surface area contributed by atoms with Crippen molar-refractivity contribution in [1.29, 1.82) is 0 Å². The van der Waals surface area contributed by atoms with E-state index in [1.165, 1.54) is 19.3 Å². The van der Waals surface area contributed by atoms with Gasteiger partial charge in [-0.2, -0.15) is 0 Å². The molecule has 1 rings (SSSR count). The Morgan fingerprint density at radius 3 is 2.77 bits per heavy atom. The van der Waals surface area contributed by atoms with Gasteiger partial charge in [0, 0.05) is 0 Å². The van der Waals surface area contributed by atoms with Crippen molar-refractivity contribution in [2.24, 2.45) is 11.3 Å². The molecule has 1 aliphatic carbocycles. The van der Waals surface area contributed by atoms with Crippen LogP contribution in [0.4, 0.5) is 0 Å². The van der Waals surface area contributed by atoms with Crippen molar-refractivity contribution in [2.45, 2.75) is 40.0 Å². The van der Waals surface area contributed by atoms with Crippen molar-refractivity contribution < 1.29 is 0 Å². The minimum atomic E-state index is 0.457. The fraction of sp³-hybridized carbons (Fsp3) is 0.667. The first-order valence-corrected chi connectivity index (χ1v) is 6.25. The summed E-state index contributed by atoms with van der Waals surface area (Å²) in [5.41, 5.74) is 2.04. The molecule has 1 atom stereocenters. The summed E-state index contributed by atoms with van der Waals surface area (Å²) >= 11 is 2.29. The number of rotatable bonds is 3. The molecule has 0 spiro atoms. The maximum atomic E-state index is 2.47. The highest BCUT2D eigenvalue weighted by molar-refractivity contribution is 14.1. The molecule has 0 heterocycles. The van der Waals surface area contributed by atoms with Crippen LogP contribution >= 0.6 is 22.6 Å². The molecule has 0 amide bonds. The van der Waals surface area contributed by atoms with Gasteiger partial charge in [-0.1, -0.05) is 54.2 Å². The van der Waals surface area contributed by atoms with Gasteiger partial charge in [0.05, 0.1) is 0 Å². The Morgan fingerprint density at radius 2 is 2.31 bits per heavy atom. The third-order valence-corrected chi connectivity index (χ3v) is 3.63. The first-order chi connectivity index (χ1) is 6.06. The molecule has 0 nitrogen and oxygen atoms in total. The Morgan fingerprint density at radius 1 is 1.62 bits per heavy atom. The highest BCUT2D eigenvalue weighted by atomic mass is 127. The van der Waals surface area contributed by atoms with E-state index in [1.54, 1.807) is 5.57 Å². The second-order valence-electron chi connectivity index (χ2n) is 4.64. The van der Waals surface area contributed by atoms with Gasteiger partial charge in [0.25, 0.3) is 0 Å². The van der Waals surface area contributed by atoms with E-state index in [-0.39, 0.29) is 0 Å². The minimum absolute atomic E-state index is 0.457. The highest BCUT2D eigenvalue weighted by Gasteiger charge is 2.29. The number of hydrogen-bond acceptors (Lipinski definition) is 0. The van der Waals surface area contributed by atoms with Crippen molar-refractivity contribution in [3.05, 3.63) is 21.8 Å². The number of halogens is 1. The maximum Gasteiger partial charge on any atom is -0.0142 e. The lowest BCUT2D eigenvalue weighted by molar-refractivity contribution is 0.381. The molecule has 0 aromatic rings. The van der Waals surface area contributed by atoms with Crippen molar-refractivity contribution >= 4 is 22.6 Å². The van der Waals surface area contributed by atoms with Gasteiger partial charge >= 0.3 is 0 Å². The summed E-state index contributed by atoms with van der Waals surface area (Å²) in [6, 6.07) is 0. The number of allylic oxidation sites excluding steroid dienone is 3.